The first-order valence-corrected chi connectivity index (χ1v) is 12.2. The molecule has 0 amide bonds. The summed E-state index contributed by atoms with van der Waals surface area (Å²) >= 11 is 3.95. The zero-order valence-corrected chi connectivity index (χ0v) is 20.0. The van der Waals surface area contributed by atoms with Crippen LogP contribution in [-0.2, 0) is 5.41 Å². The van der Waals surface area contributed by atoms with Gasteiger partial charge in [-0.15, -0.1) is 0 Å². The predicted octanol–water partition coefficient (Wildman–Crippen LogP) is 9.31. The lowest BCUT2D eigenvalue weighted by atomic mass is 9.81. The molecule has 0 spiro atoms. The monoisotopic (exact) mass is 476 g/mol. The number of allylic oxidation sites excluding steroid dienone is 4. The molecule has 0 aliphatic heterocycles. The summed E-state index contributed by atoms with van der Waals surface area (Å²) in [5.74, 6) is 0. The highest BCUT2D eigenvalue weighted by atomic mass is 79.9. The van der Waals surface area contributed by atoms with E-state index in [-0.39, 0.29) is 5.41 Å². The maximum absolute atomic E-state index is 3.95. The van der Waals surface area contributed by atoms with Gasteiger partial charge in [0.1, 0.15) is 0 Å². The van der Waals surface area contributed by atoms with E-state index in [1.165, 1.54) is 59.8 Å². The van der Waals surface area contributed by atoms with Crippen molar-refractivity contribution in [3.63, 3.8) is 0 Å². The zero-order valence-electron chi connectivity index (χ0n) is 18.5. The lowest BCUT2D eigenvalue weighted by Gasteiger charge is -2.22. The van der Waals surface area contributed by atoms with E-state index in [2.05, 4.69) is 121 Å². The normalized spacial score (nSPS) is 16.0. The molecule has 32 heavy (non-hydrogen) atoms. The summed E-state index contributed by atoms with van der Waals surface area (Å²) in [6.07, 6.45) is 8.93. The topological polar surface area (TPSA) is 0 Å². The van der Waals surface area contributed by atoms with Crippen LogP contribution in [0.3, 0.4) is 0 Å². The third kappa shape index (κ3) is 2.95. The molecule has 2 aliphatic carbocycles. The van der Waals surface area contributed by atoms with Gasteiger partial charge in [-0.3, -0.25) is 0 Å². The average Bonchev–Trinajstić information content (AvgIpc) is 3.06. The fourth-order valence-electron chi connectivity index (χ4n) is 5.38. The Labute approximate surface area is 198 Å². The molecule has 0 N–H and O–H groups in total. The van der Waals surface area contributed by atoms with Gasteiger partial charge in [-0.2, -0.15) is 0 Å². The minimum Gasteiger partial charge on any atom is -0.0842 e. The van der Waals surface area contributed by atoms with Gasteiger partial charge in [-0.25, -0.2) is 0 Å². The van der Waals surface area contributed by atoms with Crippen LogP contribution in [0.4, 0.5) is 0 Å². The predicted molar refractivity (Wildman–Crippen MR) is 141 cm³/mol. The van der Waals surface area contributed by atoms with Crippen LogP contribution in [0.2, 0.25) is 0 Å². The van der Waals surface area contributed by atoms with Gasteiger partial charge in [-0.05, 0) is 90.6 Å². The first-order chi connectivity index (χ1) is 15.5. The Hall–Kier alpha value is -2.90. The Kier molecular flexibility index (Phi) is 4.52. The third-order valence-electron chi connectivity index (χ3n) is 7.22. The quantitative estimate of drug-likeness (QED) is 0.270. The first kappa shape index (κ1) is 19.8. The van der Waals surface area contributed by atoms with Crippen molar-refractivity contribution in [2.24, 2.45) is 0 Å². The second kappa shape index (κ2) is 7.32. The van der Waals surface area contributed by atoms with Gasteiger partial charge in [0.05, 0.1) is 0 Å². The number of benzene rings is 4. The van der Waals surface area contributed by atoms with E-state index in [0.29, 0.717) is 0 Å². The van der Waals surface area contributed by atoms with Crippen molar-refractivity contribution < 1.29 is 0 Å². The van der Waals surface area contributed by atoms with E-state index in [0.717, 1.165) is 12.8 Å². The van der Waals surface area contributed by atoms with Crippen LogP contribution in [0.25, 0.3) is 38.6 Å². The minimum absolute atomic E-state index is 0.0353. The third-order valence-corrected chi connectivity index (χ3v) is 8.05. The Bertz CT molecular complexity index is 1430. The molecule has 0 unspecified atom stereocenters. The molecular formula is C31H25Br. The van der Waals surface area contributed by atoms with E-state index in [1.54, 1.807) is 0 Å². The number of hydrogen-bond acceptors (Lipinski definition) is 0. The molecule has 0 saturated carbocycles. The highest BCUT2D eigenvalue weighted by Crippen LogP contribution is 2.53. The molecule has 4 aromatic rings. The summed E-state index contributed by atoms with van der Waals surface area (Å²) in [6, 6.07) is 27.1. The fourth-order valence-corrected chi connectivity index (χ4v) is 6.17. The summed E-state index contributed by atoms with van der Waals surface area (Å²) in [7, 11) is 0. The van der Waals surface area contributed by atoms with Gasteiger partial charge < -0.3 is 0 Å². The summed E-state index contributed by atoms with van der Waals surface area (Å²) in [4.78, 5) is 0. The van der Waals surface area contributed by atoms with Crippen molar-refractivity contribution in [2.45, 2.75) is 32.1 Å². The second-order valence-electron chi connectivity index (χ2n) is 9.46. The molecule has 1 heteroatoms. The molecule has 0 aromatic heterocycles. The molecule has 0 saturated heterocycles. The number of hydrogen-bond donors (Lipinski definition) is 0. The van der Waals surface area contributed by atoms with Crippen LogP contribution < -0.4 is 0 Å². The van der Waals surface area contributed by atoms with E-state index in [9.17, 15) is 0 Å². The maximum atomic E-state index is 3.95. The van der Waals surface area contributed by atoms with Gasteiger partial charge in [0, 0.05) is 15.5 Å². The highest BCUT2D eigenvalue weighted by molar-refractivity contribution is 9.10. The molecular weight excluding hydrogens is 452 g/mol. The lowest BCUT2D eigenvalue weighted by molar-refractivity contribution is 0.661. The molecule has 0 radical (unpaired) electrons. The van der Waals surface area contributed by atoms with Crippen LogP contribution in [0.1, 0.15) is 43.4 Å². The van der Waals surface area contributed by atoms with Crippen LogP contribution >= 0.6 is 15.9 Å². The number of fused-ring (bicyclic) bond motifs is 4. The first-order valence-electron chi connectivity index (χ1n) is 11.4. The van der Waals surface area contributed by atoms with Gasteiger partial charge in [-0.1, -0.05) is 92.7 Å². The number of halogens is 1. The van der Waals surface area contributed by atoms with Crippen LogP contribution in [0.5, 0.6) is 0 Å². The standard InChI is InChI=1S/C31H25Br/c1-31(2)27-18-23(22-14-12-21(13-15-22)20-8-4-3-5-9-20)16-17-26(27)29-28(31)19-24-10-6-7-11-25(24)30(29)32/h3-4,6-8,10-19H,5,9H2,1-2H3. The molecule has 4 aromatic carbocycles. The van der Waals surface area contributed by atoms with Gasteiger partial charge in [0.15, 0.2) is 0 Å². The Balaban J connectivity index is 1.45. The van der Waals surface area contributed by atoms with Crippen LogP contribution in [0, 0.1) is 0 Å². The fraction of sp³-hybridized carbons (Fsp3) is 0.161. The lowest BCUT2D eigenvalue weighted by Crippen LogP contribution is -2.15. The summed E-state index contributed by atoms with van der Waals surface area (Å²) < 4.78 is 1.21. The van der Waals surface area contributed by atoms with E-state index >= 15 is 0 Å². The summed E-state index contributed by atoms with van der Waals surface area (Å²) in [6.45, 7) is 4.71. The van der Waals surface area contributed by atoms with E-state index < -0.39 is 0 Å². The molecule has 6 rings (SSSR count). The Morgan fingerprint density at radius 1 is 0.781 bits per heavy atom. The summed E-state index contributed by atoms with van der Waals surface area (Å²) in [5.41, 5.74) is 10.8. The molecule has 0 heterocycles. The molecule has 0 nitrogen and oxygen atoms in total. The van der Waals surface area contributed by atoms with Gasteiger partial charge >= 0.3 is 0 Å². The molecule has 0 bridgehead atoms. The Morgan fingerprint density at radius 2 is 1.53 bits per heavy atom. The SMILES string of the molecule is CC1(C)c2cc(-c3ccc(C4=CC=CCC4)cc3)ccc2-c2c1cc1ccccc1c2Br. The minimum atomic E-state index is -0.0353. The molecule has 0 atom stereocenters. The van der Waals surface area contributed by atoms with Crippen molar-refractivity contribution in [3.8, 4) is 22.3 Å². The average molecular weight is 477 g/mol. The second-order valence-corrected chi connectivity index (χ2v) is 10.2. The molecule has 0 fully saturated rings. The van der Waals surface area contributed by atoms with Gasteiger partial charge in [0.2, 0.25) is 0 Å². The highest BCUT2D eigenvalue weighted by Gasteiger charge is 2.37. The zero-order chi connectivity index (χ0) is 21.9. The van der Waals surface area contributed by atoms with Gasteiger partial charge in [0.25, 0.3) is 0 Å². The van der Waals surface area contributed by atoms with Crippen molar-refractivity contribution >= 4 is 32.3 Å². The number of rotatable bonds is 2. The Morgan fingerprint density at radius 3 is 2.31 bits per heavy atom. The van der Waals surface area contributed by atoms with Crippen LogP contribution in [0.15, 0.2) is 95.5 Å². The molecule has 2 aliphatic rings. The van der Waals surface area contributed by atoms with Crippen LogP contribution in [-0.4, -0.2) is 0 Å². The van der Waals surface area contributed by atoms with E-state index in [4.69, 9.17) is 0 Å². The van der Waals surface area contributed by atoms with E-state index in [1.807, 2.05) is 0 Å². The summed E-state index contributed by atoms with van der Waals surface area (Å²) in [5, 5.41) is 2.57. The maximum Gasteiger partial charge on any atom is 0.0335 e. The molecule has 156 valence electrons. The smallest absolute Gasteiger partial charge is 0.0335 e. The van der Waals surface area contributed by atoms with Crippen molar-refractivity contribution in [3.05, 3.63) is 112 Å². The van der Waals surface area contributed by atoms with Crippen molar-refractivity contribution in [1.29, 1.82) is 0 Å². The largest absolute Gasteiger partial charge is 0.0842 e. The van der Waals surface area contributed by atoms with Crippen molar-refractivity contribution in [2.75, 3.05) is 0 Å². The van der Waals surface area contributed by atoms with Crippen molar-refractivity contribution in [1.82, 2.24) is 0 Å².